The summed E-state index contributed by atoms with van der Waals surface area (Å²) < 4.78 is 42.2. The molecule has 0 aromatic heterocycles. The molecular formula is C20H19F2NO5. The molecule has 148 valence electrons. The first-order chi connectivity index (χ1) is 13.3. The van der Waals surface area contributed by atoms with E-state index in [-0.39, 0.29) is 12.2 Å². The second-order valence-electron chi connectivity index (χ2n) is 5.74. The van der Waals surface area contributed by atoms with Crippen molar-refractivity contribution in [3.05, 3.63) is 65.2 Å². The molecule has 0 spiro atoms. The number of primary amides is 1. The molecule has 0 aliphatic heterocycles. The summed E-state index contributed by atoms with van der Waals surface area (Å²) >= 11 is 0. The predicted molar refractivity (Wildman–Crippen MR) is 97.6 cm³/mol. The van der Waals surface area contributed by atoms with Crippen LogP contribution in [0.15, 0.2) is 42.5 Å². The smallest absolute Gasteiger partial charge is 0.331 e. The van der Waals surface area contributed by atoms with Gasteiger partial charge in [0.1, 0.15) is 17.7 Å². The Kier molecular flexibility index (Phi) is 7.08. The standard InChI is InChI=1S/C20H19F2NO5/c1-12(15-6-5-14(21)10-16(15)22)28-20(25)8-4-13-3-7-17(18(9-13)26-2)27-11-19(23)24/h3-10,12H,11H2,1-2H3,(H2,23,24)/b8-4+. The highest BCUT2D eigenvalue weighted by atomic mass is 19.1. The molecule has 2 rings (SSSR count). The Morgan fingerprint density at radius 2 is 1.89 bits per heavy atom. The van der Waals surface area contributed by atoms with E-state index in [1.165, 1.54) is 26.2 Å². The van der Waals surface area contributed by atoms with E-state index in [0.29, 0.717) is 17.1 Å². The molecule has 1 amide bonds. The van der Waals surface area contributed by atoms with Crippen LogP contribution in [0.3, 0.4) is 0 Å². The quantitative estimate of drug-likeness (QED) is 0.552. The molecular weight excluding hydrogens is 372 g/mol. The molecule has 0 saturated carbocycles. The molecule has 8 heteroatoms. The molecule has 0 aliphatic rings. The molecule has 0 fully saturated rings. The maximum atomic E-state index is 13.7. The lowest BCUT2D eigenvalue weighted by molar-refractivity contribution is -0.142. The zero-order valence-corrected chi connectivity index (χ0v) is 15.3. The molecule has 0 heterocycles. The number of methoxy groups -OCH3 is 1. The highest BCUT2D eigenvalue weighted by molar-refractivity contribution is 5.87. The van der Waals surface area contributed by atoms with Crippen molar-refractivity contribution in [2.75, 3.05) is 13.7 Å². The van der Waals surface area contributed by atoms with Crippen molar-refractivity contribution >= 4 is 18.0 Å². The number of hydrogen-bond acceptors (Lipinski definition) is 5. The molecule has 28 heavy (non-hydrogen) atoms. The molecule has 6 nitrogen and oxygen atoms in total. The number of halogens is 2. The monoisotopic (exact) mass is 391 g/mol. The highest BCUT2D eigenvalue weighted by Crippen LogP contribution is 2.28. The van der Waals surface area contributed by atoms with Gasteiger partial charge in [-0.3, -0.25) is 4.79 Å². The summed E-state index contributed by atoms with van der Waals surface area (Å²) in [5.74, 6) is -2.16. The lowest BCUT2D eigenvalue weighted by atomic mass is 10.1. The van der Waals surface area contributed by atoms with Gasteiger partial charge in [0, 0.05) is 17.7 Å². The second-order valence-corrected chi connectivity index (χ2v) is 5.74. The SMILES string of the molecule is COc1cc(/C=C/C(=O)OC(C)c2ccc(F)cc2F)ccc1OCC(N)=O. The molecule has 2 aromatic rings. The summed E-state index contributed by atoms with van der Waals surface area (Å²) in [7, 11) is 1.42. The fourth-order valence-electron chi connectivity index (χ4n) is 2.33. The van der Waals surface area contributed by atoms with Gasteiger partial charge in [-0.1, -0.05) is 6.07 Å². The average Bonchev–Trinajstić information content (AvgIpc) is 2.64. The first kappa shape index (κ1) is 20.9. The van der Waals surface area contributed by atoms with Crippen LogP contribution in [-0.4, -0.2) is 25.6 Å². The van der Waals surface area contributed by atoms with Crippen molar-refractivity contribution in [3.63, 3.8) is 0 Å². The third-order valence-electron chi connectivity index (χ3n) is 3.66. The zero-order valence-electron chi connectivity index (χ0n) is 15.3. The summed E-state index contributed by atoms with van der Waals surface area (Å²) in [5.41, 5.74) is 5.70. The van der Waals surface area contributed by atoms with Crippen molar-refractivity contribution in [1.29, 1.82) is 0 Å². The summed E-state index contributed by atoms with van der Waals surface area (Å²) in [4.78, 5) is 22.8. The number of carbonyl (C=O) groups is 2. The van der Waals surface area contributed by atoms with Crippen LogP contribution in [0.25, 0.3) is 6.08 Å². The molecule has 0 bridgehead atoms. The van der Waals surface area contributed by atoms with Crippen LogP contribution in [0.1, 0.15) is 24.2 Å². The number of hydrogen-bond donors (Lipinski definition) is 1. The number of amides is 1. The van der Waals surface area contributed by atoms with E-state index in [4.69, 9.17) is 19.9 Å². The van der Waals surface area contributed by atoms with Gasteiger partial charge in [-0.15, -0.1) is 0 Å². The fourth-order valence-corrected chi connectivity index (χ4v) is 2.33. The van der Waals surface area contributed by atoms with E-state index in [9.17, 15) is 18.4 Å². The second kappa shape index (κ2) is 9.50. The fraction of sp³-hybridized carbons (Fsp3) is 0.200. The van der Waals surface area contributed by atoms with Crippen LogP contribution in [0.2, 0.25) is 0 Å². The average molecular weight is 391 g/mol. The van der Waals surface area contributed by atoms with Gasteiger partial charge < -0.3 is 19.9 Å². The molecule has 0 aliphatic carbocycles. The van der Waals surface area contributed by atoms with Gasteiger partial charge >= 0.3 is 5.97 Å². The van der Waals surface area contributed by atoms with Crippen LogP contribution in [-0.2, 0) is 14.3 Å². The van der Waals surface area contributed by atoms with Crippen LogP contribution in [0.4, 0.5) is 8.78 Å². The van der Waals surface area contributed by atoms with E-state index < -0.39 is 29.6 Å². The number of esters is 1. The van der Waals surface area contributed by atoms with Crippen LogP contribution in [0.5, 0.6) is 11.5 Å². The van der Waals surface area contributed by atoms with Crippen molar-refractivity contribution in [3.8, 4) is 11.5 Å². The Labute approximate surface area is 160 Å². The molecule has 1 atom stereocenters. The first-order valence-corrected chi connectivity index (χ1v) is 8.23. The number of nitrogens with two attached hydrogens (primary N) is 1. The van der Waals surface area contributed by atoms with Gasteiger partial charge in [-0.2, -0.15) is 0 Å². The van der Waals surface area contributed by atoms with E-state index in [1.807, 2.05) is 0 Å². The van der Waals surface area contributed by atoms with Crippen LogP contribution < -0.4 is 15.2 Å². The highest BCUT2D eigenvalue weighted by Gasteiger charge is 2.15. The minimum absolute atomic E-state index is 0.0702. The van der Waals surface area contributed by atoms with E-state index in [1.54, 1.807) is 18.2 Å². The minimum atomic E-state index is -0.892. The zero-order chi connectivity index (χ0) is 20.7. The van der Waals surface area contributed by atoms with Crippen molar-refractivity contribution in [1.82, 2.24) is 0 Å². The topological polar surface area (TPSA) is 87.8 Å². The molecule has 2 aromatic carbocycles. The normalized spacial score (nSPS) is 11.9. The van der Waals surface area contributed by atoms with E-state index in [2.05, 4.69) is 0 Å². The predicted octanol–water partition coefficient (Wildman–Crippen LogP) is 3.16. The van der Waals surface area contributed by atoms with Gasteiger partial charge in [-0.05, 0) is 42.8 Å². The third-order valence-corrected chi connectivity index (χ3v) is 3.66. The van der Waals surface area contributed by atoms with Crippen molar-refractivity contribution in [2.45, 2.75) is 13.0 Å². The minimum Gasteiger partial charge on any atom is -0.493 e. The molecule has 0 saturated heterocycles. The first-order valence-electron chi connectivity index (χ1n) is 8.23. The summed E-state index contributed by atoms with van der Waals surface area (Å²) in [6.45, 7) is 1.19. The number of ether oxygens (including phenoxy) is 3. The third kappa shape index (κ3) is 5.80. The Morgan fingerprint density at radius 3 is 2.54 bits per heavy atom. The lowest BCUT2D eigenvalue weighted by Crippen LogP contribution is -2.20. The number of carbonyl (C=O) groups excluding carboxylic acids is 2. The Hall–Kier alpha value is -3.42. The molecule has 2 N–H and O–H groups in total. The van der Waals surface area contributed by atoms with Crippen molar-refractivity contribution in [2.24, 2.45) is 5.73 Å². The summed E-state index contributed by atoms with van der Waals surface area (Å²) in [5, 5.41) is 0. The van der Waals surface area contributed by atoms with Gasteiger partial charge in [-0.25, -0.2) is 13.6 Å². The maximum absolute atomic E-state index is 13.7. The number of benzene rings is 2. The number of rotatable bonds is 8. The summed E-state index contributed by atoms with van der Waals surface area (Å²) in [6.07, 6.45) is 1.74. The van der Waals surface area contributed by atoms with Gasteiger partial charge in [0.25, 0.3) is 5.91 Å². The Balaban J connectivity index is 2.03. The maximum Gasteiger partial charge on any atom is 0.331 e. The molecule has 1 unspecified atom stereocenters. The van der Waals surface area contributed by atoms with Gasteiger partial charge in [0.05, 0.1) is 7.11 Å². The van der Waals surface area contributed by atoms with Gasteiger partial charge in [0.15, 0.2) is 18.1 Å². The van der Waals surface area contributed by atoms with Crippen molar-refractivity contribution < 1.29 is 32.6 Å². The van der Waals surface area contributed by atoms with E-state index >= 15 is 0 Å². The van der Waals surface area contributed by atoms with E-state index in [0.717, 1.165) is 18.2 Å². The molecule has 0 radical (unpaired) electrons. The summed E-state index contributed by atoms with van der Waals surface area (Å²) in [6, 6.07) is 7.82. The van der Waals surface area contributed by atoms with Gasteiger partial charge in [0.2, 0.25) is 0 Å². The van der Waals surface area contributed by atoms with Crippen LogP contribution in [0, 0.1) is 11.6 Å². The largest absolute Gasteiger partial charge is 0.493 e. The van der Waals surface area contributed by atoms with Crippen LogP contribution >= 0.6 is 0 Å². The Bertz CT molecular complexity index is 898. The lowest BCUT2D eigenvalue weighted by Gasteiger charge is -2.13. The Morgan fingerprint density at radius 1 is 1.14 bits per heavy atom.